The molecule has 0 radical (unpaired) electrons. The topological polar surface area (TPSA) is 141 Å². The Balaban J connectivity index is 1.43. The van der Waals surface area contributed by atoms with Crippen molar-refractivity contribution in [1.29, 1.82) is 5.41 Å². The number of imidazole rings is 1. The minimum atomic E-state index is -1.18. The van der Waals surface area contributed by atoms with E-state index in [0.29, 0.717) is 36.8 Å². The van der Waals surface area contributed by atoms with E-state index in [-0.39, 0.29) is 35.6 Å². The van der Waals surface area contributed by atoms with E-state index in [1.165, 1.54) is 6.20 Å². The molecule has 0 amide bonds. The first-order chi connectivity index (χ1) is 21.7. The van der Waals surface area contributed by atoms with Crippen molar-refractivity contribution in [3.8, 4) is 34.5 Å². The van der Waals surface area contributed by atoms with Crippen molar-refractivity contribution >= 4 is 17.5 Å². The van der Waals surface area contributed by atoms with E-state index >= 15 is 8.78 Å². The van der Waals surface area contributed by atoms with Gasteiger partial charge in [-0.05, 0) is 68.6 Å². The maximum absolute atomic E-state index is 16.1. The van der Waals surface area contributed by atoms with Crippen LogP contribution in [0.2, 0.25) is 0 Å². The number of likely N-dealkylation sites (tertiary alicyclic amines) is 1. The van der Waals surface area contributed by atoms with Gasteiger partial charge in [0.2, 0.25) is 17.4 Å². The number of ether oxygens (including phenoxy) is 3. The van der Waals surface area contributed by atoms with E-state index < -0.39 is 29.0 Å². The second kappa shape index (κ2) is 13.7. The first kappa shape index (κ1) is 31.4. The van der Waals surface area contributed by atoms with Crippen molar-refractivity contribution in [2.75, 3.05) is 38.6 Å². The number of carbonyl (C=O) groups is 1. The van der Waals surface area contributed by atoms with Gasteiger partial charge in [0.25, 0.3) is 0 Å². The van der Waals surface area contributed by atoms with Gasteiger partial charge < -0.3 is 29.8 Å². The van der Waals surface area contributed by atoms with Gasteiger partial charge in [-0.3, -0.25) is 15.1 Å². The molecular weight excluding hydrogens is 584 g/mol. The molecule has 2 aromatic carbocycles. The van der Waals surface area contributed by atoms with Gasteiger partial charge in [0.05, 0.1) is 18.7 Å². The smallest absolute Gasteiger partial charge is 0.320 e. The monoisotopic (exact) mass is 619 g/mol. The number of nitrogens with one attached hydrogen (secondary N) is 2. The third-order valence-electron chi connectivity index (χ3n) is 7.64. The number of rotatable bonds is 11. The average molecular weight is 620 g/mol. The minimum Gasteiger partial charge on any atom is -0.465 e. The van der Waals surface area contributed by atoms with Gasteiger partial charge in [-0.1, -0.05) is 12.1 Å². The molecule has 0 spiro atoms. The second-order valence-corrected chi connectivity index (χ2v) is 10.6. The van der Waals surface area contributed by atoms with Crippen molar-refractivity contribution < 1.29 is 27.8 Å². The lowest BCUT2D eigenvalue weighted by atomic mass is 9.89. The van der Waals surface area contributed by atoms with Gasteiger partial charge in [-0.25, -0.2) is 14.4 Å². The standard InChI is InChI=1S/C32H35F2N7O4/c1-4-43-25(42)18-41-13-9-19(10-14-41)22-8-11-39-32(27(22)37-2)45-29-24(33)17-23(30(35)36)28(26(29)34)44-21-7-5-6-20(16-21)31-38-12-15-40(31)3/h5-8,11-12,15-17,19,37H,4,9-10,13-14,18H2,1-3H3,(H3,35,36). The van der Waals surface area contributed by atoms with Crippen molar-refractivity contribution in [2.45, 2.75) is 25.7 Å². The molecule has 1 saturated heterocycles. The van der Waals surface area contributed by atoms with E-state index in [4.69, 9.17) is 25.4 Å². The van der Waals surface area contributed by atoms with E-state index in [0.717, 1.165) is 24.5 Å². The number of nitrogens with two attached hydrogens (primary N) is 1. The molecule has 13 heteroatoms. The number of aromatic nitrogens is 3. The molecule has 45 heavy (non-hydrogen) atoms. The number of nitrogens with zero attached hydrogens (tertiary/aromatic N) is 4. The van der Waals surface area contributed by atoms with Crippen LogP contribution in [0.3, 0.4) is 0 Å². The number of esters is 1. The quantitative estimate of drug-likeness (QED) is 0.114. The number of amidine groups is 1. The van der Waals surface area contributed by atoms with Crippen LogP contribution < -0.4 is 20.5 Å². The lowest BCUT2D eigenvalue weighted by Gasteiger charge is -2.32. The number of aryl methyl sites for hydroxylation is 1. The normalized spacial score (nSPS) is 13.8. The molecule has 236 valence electrons. The van der Waals surface area contributed by atoms with Crippen LogP contribution in [0, 0.1) is 17.0 Å². The van der Waals surface area contributed by atoms with Crippen LogP contribution in [0.15, 0.2) is 55.0 Å². The summed E-state index contributed by atoms with van der Waals surface area (Å²) < 4.78 is 50.1. The fourth-order valence-corrected chi connectivity index (χ4v) is 5.45. The fourth-order valence-electron chi connectivity index (χ4n) is 5.45. The summed E-state index contributed by atoms with van der Waals surface area (Å²) in [7, 11) is 3.52. The summed E-state index contributed by atoms with van der Waals surface area (Å²) in [6.07, 6.45) is 6.47. The summed E-state index contributed by atoms with van der Waals surface area (Å²) in [4.78, 5) is 22.5. The van der Waals surface area contributed by atoms with Crippen molar-refractivity contribution in [1.82, 2.24) is 19.4 Å². The molecule has 11 nitrogen and oxygen atoms in total. The molecule has 1 fully saturated rings. The number of carbonyl (C=O) groups excluding carboxylic acids is 1. The average Bonchev–Trinajstić information content (AvgIpc) is 3.46. The first-order valence-corrected chi connectivity index (χ1v) is 14.5. The Bertz CT molecular complexity index is 1700. The summed E-state index contributed by atoms with van der Waals surface area (Å²) in [5.74, 6) is -3.36. The zero-order chi connectivity index (χ0) is 32.1. The van der Waals surface area contributed by atoms with Gasteiger partial charge in [-0.15, -0.1) is 0 Å². The van der Waals surface area contributed by atoms with Crippen LogP contribution in [-0.2, 0) is 16.6 Å². The Labute approximate surface area is 259 Å². The van der Waals surface area contributed by atoms with Crippen LogP contribution in [0.4, 0.5) is 14.5 Å². The van der Waals surface area contributed by atoms with E-state index in [1.54, 1.807) is 44.6 Å². The zero-order valence-corrected chi connectivity index (χ0v) is 25.3. The van der Waals surface area contributed by atoms with Crippen LogP contribution >= 0.6 is 0 Å². The minimum absolute atomic E-state index is 0.0277. The zero-order valence-electron chi connectivity index (χ0n) is 25.3. The third-order valence-corrected chi connectivity index (χ3v) is 7.64. The Morgan fingerprint density at radius 1 is 1.11 bits per heavy atom. The Kier molecular flexibility index (Phi) is 9.57. The maximum atomic E-state index is 16.1. The second-order valence-electron chi connectivity index (χ2n) is 10.6. The van der Waals surface area contributed by atoms with Gasteiger partial charge in [0, 0.05) is 38.2 Å². The molecule has 3 heterocycles. The highest BCUT2D eigenvalue weighted by molar-refractivity contribution is 5.98. The highest BCUT2D eigenvalue weighted by Crippen LogP contribution is 2.42. The van der Waals surface area contributed by atoms with Gasteiger partial charge in [-0.2, -0.15) is 4.39 Å². The highest BCUT2D eigenvalue weighted by atomic mass is 19.1. The molecule has 1 aliphatic heterocycles. The number of nitrogen functional groups attached to an aromatic ring is 1. The molecule has 0 bridgehead atoms. The van der Waals surface area contributed by atoms with E-state index in [9.17, 15) is 4.79 Å². The Hall–Kier alpha value is -5.04. The molecule has 2 aromatic heterocycles. The van der Waals surface area contributed by atoms with E-state index in [1.807, 2.05) is 28.6 Å². The molecule has 4 N–H and O–H groups in total. The number of pyridine rings is 1. The summed E-state index contributed by atoms with van der Waals surface area (Å²) in [5, 5.41) is 11.0. The molecule has 0 atom stereocenters. The molecule has 1 aliphatic rings. The van der Waals surface area contributed by atoms with Crippen molar-refractivity contribution in [3.63, 3.8) is 0 Å². The SMILES string of the molecule is CCOC(=O)CN1CCC(c2ccnc(Oc3c(F)cc(C(=N)N)c(Oc4cccc(-c5nccn5C)c4)c3F)c2NC)CC1. The van der Waals surface area contributed by atoms with Crippen LogP contribution in [0.25, 0.3) is 11.4 Å². The van der Waals surface area contributed by atoms with E-state index in [2.05, 4.69) is 15.3 Å². The highest BCUT2D eigenvalue weighted by Gasteiger charge is 2.28. The predicted octanol–water partition coefficient (Wildman–Crippen LogP) is 5.41. The van der Waals surface area contributed by atoms with Gasteiger partial charge in [0.15, 0.2) is 11.6 Å². The van der Waals surface area contributed by atoms with Crippen LogP contribution in [-0.4, -0.2) is 64.5 Å². The Morgan fingerprint density at radius 2 is 1.89 bits per heavy atom. The first-order valence-electron chi connectivity index (χ1n) is 14.5. The van der Waals surface area contributed by atoms with Crippen molar-refractivity contribution in [2.24, 2.45) is 12.8 Å². The molecule has 5 rings (SSSR count). The summed E-state index contributed by atoms with van der Waals surface area (Å²) in [5.41, 5.74) is 7.49. The van der Waals surface area contributed by atoms with Crippen LogP contribution in [0.1, 0.15) is 36.8 Å². The predicted molar refractivity (Wildman–Crippen MR) is 165 cm³/mol. The number of hydrogen-bond acceptors (Lipinski definition) is 9. The number of hydrogen-bond donors (Lipinski definition) is 3. The number of benzene rings is 2. The number of halogens is 2. The molecule has 0 aliphatic carbocycles. The summed E-state index contributed by atoms with van der Waals surface area (Å²) in [6.45, 7) is 3.72. The molecule has 0 saturated carbocycles. The number of piperidine rings is 1. The van der Waals surface area contributed by atoms with Crippen molar-refractivity contribution in [3.05, 3.63) is 77.8 Å². The van der Waals surface area contributed by atoms with Gasteiger partial charge in [0.1, 0.15) is 23.1 Å². The molecule has 0 unspecified atom stereocenters. The largest absolute Gasteiger partial charge is 0.465 e. The molecule has 4 aromatic rings. The Morgan fingerprint density at radius 3 is 2.56 bits per heavy atom. The fraction of sp³-hybridized carbons (Fsp3) is 0.312. The third kappa shape index (κ3) is 6.88. The maximum Gasteiger partial charge on any atom is 0.320 e. The van der Waals surface area contributed by atoms with Gasteiger partial charge >= 0.3 is 5.97 Å². The molecular formula is C32H35F2N7O4. The van der Waals surface area contributed by atoms with Crippen LogP contribution in [0.5, 0.6) is 23.1 Å². The summed E-state index contributed by atoms with van der Waals surface area (Å²) >= 11 is 0. The number of anilines is 1. The summed E-state index contributed by atoms with van der Waals surface area (Å²) in [6, 6.07) is 9.53. The lowest BCUT2D eigenvalue weighted by Crippen LogP contribution is -2.37. The lowest BCUT2D eigenvalue weighted by molar-refractivity contribution is -0.144.